The van der Waals surface area contributed by atoms with Crippen LogP contribution in [0.25, 0.3) is 21.5 Å². The molecule has 2 atom stereocenters. The van der Waals surface area contributed by atoms with Crippen LogP contribution in [0.4, 0.5) is 0 Å². The van der Waals surface area contributed by atoms with Crippen molar-refractivity contribution >= 4 is 27.5 Å². The van der Waals surface area contributed by atoms with E-state index in [4.69, 9.17) is 0 Å². The minimum atomic E-state index is -0.271. The Labute approximate surface area is 151 Å². The maximum atomic E-state index is 12.8. The van der Waals surface area contributed by atoms with Crippen molar-refractivity contribution in [2.75, 3.05) is 0 Å². The van der Waals surface area contributed by atoms with E-state index in [0.717, 1.165) is 21.9 Å². The first-order valence-electron chi connectivity index (χ1n) is 8.83. The summed E-state index contributed by atoms with van der Waals surface area (Å²) in [6.45, 7) is 0. The van der Waals surface area contributed by atoms with Crippen LogP contribution in [0.3, 0.4) is 0 Å². The number of carbonyl (C=O) groups excluding carboxylic acids is 1. The summed E-state index contributed by atoms with van der Waals surface area (Å²) in [4.78, 5) is 12.8. The van der Waals surface area contributed by atoms with Crippen LogP contribution in [0.2, 0.25) is 0 Å². The summed E-state index contributed by atoms with van der Waals surface area (Å²) in [7, 11) is 0. The Balaban J connectivity index is 1.71. The maximum absolute atomic E-state index is 12.8. The van der Waals surface area contributed by atoms with Crippen molar-refractivity contribution in [2.45, 2.75) is 12.0 Å². The molecule has 3 heteroatoms. The van der Waals surface area contributed by atoms with Crippen molar-refractivity contribution in [3.05, 3.63) is 96.1 Å². The van der Waals surface area contributed by atoms with Crippen LogP contribution in [-0.2, 0) is 4.79 Å². The summed E-state index contributed by atoms with van der Waals surface area (Å²) < 4.78 is 0. The number of fused-ring (bicyclic) bond motifs is 2. The Morgan fingerprint density at radius 2 is 1.15 bits per heavy atom. The Bertz CT molecular complexity index is 1120. The Hall–Kier alpha value is -3.17. The molecule has 4 aromatic carbocycles. The van der Waals surface area contributed by atoms with Gasteiger partial charge < -0.3 is 0 Å². The SMILES string of the molecule is O=C1NN[C@H](c2cccc3ccccc23)[C@H]1c1cccc2ccccc12. The highest BCUT2D eigenvalue weighted by molar-refractivity contribution is 5.96. The second-order valence-electron chi connectivity index (χ2n) is 6.73. The standard InChI is InChI=1S/C23H18N2O/c26-23-21(19-13-5-9-15-7-1-3-11-17(15)19)22(24-25-23)20-14-6-10-16-8-2-4-12-18(16)20/h1-14,21-22,24H,(H,25,26)/t21-,22-/m1/s1. The first-order chi connectivity index (χ1) is 12.8. The van der Waals surface area contributed by atoms with Crippen LogP contribution in [-0.4, -0.2) is 5.91 Å². The van der Waals surface area contributed by atoms with E-state index in [2.05, 4.69) is 65.4 Å². The number of rotatable bonds is 2. The molecule has 0 radical (unpaired) electrons. The highest BCUT2D eigenvalue weighted by Gasteiger charge is 2.38. The van der Waals surface area contributed by atoms with Crippen molar-refractivity contribution in [3.8, 4) is 0 Å². The molecule has 0 saturated carbocycles. The van der Waals surface area contributed by atoms with Gasteiger partial charge in [0.25, 0.3) is 0 Å². The lowest BCUT2D eigenvalue weighted by Gasteiger charge is -2.20. The molecule has 5 rings (SSSR count). The van der Waals surface area contributed by atoms with E-state index in [1.807, 2.05) is 30.3 Å². The van der Waals surface area contributed by atoms with Crippen LogP contribution < -0.4 is 10.9 Å². The van der Waals surface area contributed by atoms with Gasteiger partial charge in [-0.1, -0.05) is 84.9 Å². The van der Waals surface area contributed by atoms with Crippen molar-refractivity contribution in [1.29, 1.82) is 0 Å². The van der Waals surface area contributed by atoms with Gasteiger partial charge in [0.2, 0.25) is 5.91 Å². The minimum Gasteiger partial charge on any atom is -0.290 e. The summed E-state index contributed by atoms with van der Waals surface area (Å²) >= 11 is 0. The van der Waals surface area contributed by atoms with Gasteiger partial charge in [0, 0.05) is 0 Å². The lowest BCUT2D eigenvalue weighted by Crippen LogP contribution is -2.27. The van der Waals surface area contributed by atoms with Crippen molar-refractivity contribution in [2.24, 2.45) is 0 Å². The summed E-state index contributed by atoms with van der Waals surface area (Å²) in [5, 5.41) is 4.64. The molecule has 4 aromatic rings. The smallest absolute Gasteiger partial charge is 0.243 e. The lowest BCUT2D eigenvalue weighted by atomic mass is 9.84. The molecule has 0 spiro atoms. The van der Waals surface area contributed by atoms with E-state index in [-0.39, 0.29) is 17.9 Å². The van der Waals surface area contributed by atoms with E-state index in [0.29, 0.717) is 0 Å². The second-order valence-corrected chi connectivity index (χ2v) is 6.73. The number of hydrogen-bond donors (Lipinski definition) is 2. The number of nitrogens with one attached hydrogen (secondary N) is 2. The molecule has 0 unspecified atom stereocenters. The molecule has 2 N–H and O–H groups in total. The zero-order chi connectivity index (χ0) is 17.5. The Morgan fingerprint density at radius 1 is 0.615 bits per heavy atom. The second kappa shape index (κ2) is 5.97. The molecule has 0 bridgehead atoms. The monoisotopic (exact) mass is 338 g/mol. The third kappa shape index (κ3) is 2.29. The van der Waals surface area contributed by atoms with Gasteiger partial charge in [-0.25, -0.2) is 5.43 Å². The van der Waals surface area contributed by atoms with Gasteiger partial charge in [0.1, 0.15) is 0 Å². The van der Waals surface area contributed by atoms with E-state index in [9.17, 15) is 4.79 Å². The third-order valence-electron chi connectivity index (χ3n) is 5.28. The van der Waals surface area contributed by atoms with Gasteiger partial charge in [-0.15, -0.1) is 0 Å². The number of amides is 1. The van der Waals surface area contributed by atoms with Gasteiger partial charge >= 0.3 is 0 Å². The molecule has 1 amide bonds. The molecule has 1 aliphatic heterocycles. The van der Waals surface area contributed by atoms with E-state index in [1.54, 1.807) is 0 Å². The topological polar surface area (TPSA) is 41.1 Å². The molecule has 0 aliphatic carbocycles. The third-order valence-corrected chi connectivity index (χ3v) is 5.28. The summed E-state index contributed by atoms with van der Waals surface area (Å²) in [6.07, 6.45) is 0. The first kappa shape index (κ1) is 15.1. The van der Waals surface area contributed by atoms with E-state index >= 15 is 0 Å². The lowest BCUT2D eigenvalue weighted by molar-refractivity contribution is -0.120. The zero-order valence-corrected chi connectivity index (χ0v) is 14.1. The summed E-state index contributed by atoms with van der Waals surface area (Å²) in [5.74, 6) is -0.258. The number of benzene rings is 4. The van der Waals surface area contributed by atoms with Gasteiger partial charge in [-0.05, 0) is 32.7 Å². The average molecular weight is 338 g/mol. The van der Waals surface area contributed by atoms with Crippen LogP contribution in [0.5, 0.6) is 0 Å². The number of hydrazine groups is 1. The highest BCUT2D eigenvalue weighted by Crippen LogP contribution is 2.39. The van der Waals surface area contributed by atoms with Crippen molar-refractivity contribution in [1.82, 2.24) is 10.9 Å². The molecule has 126 valence electrons. The van der Waals surface area contributed by atoms with Crippen molar-refractivity contribution < 1.29 is 4.79 Å². The predicted octanol–water partition coefficient (Wildman–Crippen LogP) is 4.45. The van der Waals surface area contributed by atoms with Gasteiger partial charge in [0.15, 0.2) is 0 Å². The van der Waals surface area contributed by atoms with Gasteiger partial charge in [-0.2, -0.15) is 0 Å². The fourth-order valence-electron chi connectivity index (χ4n) is 4.08. The molecule has 26 heavy (non-hydrogen) atoms. The molecular weight excluding hydrogens is 320 g/mol. The number of hydrogen-bond acceptors (Lipinski definition) is 2. The van der Waals surface area contributed by atoms with Crippen LogP contribution in [0, 0.1) is 0 Å². The fraction of sp³-hybridized carbons (Fsp3) is 0.0870. The minimum absolute atomic E-state index is 0.0132. The quantitative estimate of drug-likeness (QED) is 0.567. The molecule has 1 saturated heterocycles. The fourth-order valence-corrected chi connectivity index (χ4v) is 4.08. The van der Waals surface area contributed by atoms with E-state index in [1.165, 1.54) is 10.8 Å². The molecule has 1 aliphatic rings. The Morgan fingerprint density at radius 3 is 1.85 bits per heavy atom. The van der Waals surface area contributed by atoms with Gasteiger partial charge in [0.05, 0.1) is 12.0 Å². The molecule has 1 fully saturated rings. The van der Waals surface area contributed by atoms with Crippen LogP contribution in [0.15, 0.2) is 84.9 Å². The summed E-state index contributed by atoms with van der Waals surface area (Å²) in [6, 6.07) is 28.9. The normalized spacial score (nSPS) is 19.8. The van der Waals surface area contributed by atoms with Crippen LogP contribution in [0.1, 0.15) is 23.1 Å². The average Bonchev–Trinajstić information content (AvgIpc) is 3.08. The summed E-state index contributed by atoms with van der Waals surface area (Å²) in [5.41, 5.74) is 8.28. The number of carbonyl (C=O) groups is 1. The largest absolute Gasteiger partial charge is 0.290 e. The first-order valence-corrected chi connectivity index (χ1v) is 8.83. The maximum Gasteiger partial charge on any atom is 0.243 e. The zero-order valence-electron chi connectivity index (χ0n) is 14.1. The highest BCUT2D eigenvalue weighted by atomic mass is 16.2. The Kier molecular flexibility index (Phi) is 3.47. The predicted molar refractivity (Wildman–Crippen MR) is 105 cm³/mol. The van der Waals surface area contributed by atoms with E-state index < -0.39 is 0 Å². The molecule has 3 nitrogen and oxygen atoms in total. The van der Waals surface area contributed by atoms with Crippen molar-refractivity contribution in [3.63, 3.8) is 0 Å². The molecule has 0 aromatic heterocycles. The van der Waals surface area contributed by atoms with Crippen LogP contribution >= 0.6 is 0 Å². The van der Waals surface area contributed by atoms with Gasteiger partial charge in [-0.3, -0.25) is 10.2 Å². The molecule has 1 heterocycles. The molecular formula is C23H18N2O.